The highest BCUT2D eigenvalue weighted by Crippen LogP contribution is 2.38. The van der Waals surface area contributed by atoms with E-state index in [1.807, 2.05) is 0 Å². The van der Waals surface area contributed by atoms with Gasteiger partial charge in [-0.3, -0.25) is 18.9 Å². The molecule has 0 spiro atoms. The van der Waals surface area contributed by atoms with Crippen molar-refractivity contribution in [2.45, 2.75) is 17.4 Å². The molecule has 2 N–H and O–H groups in total. The molecule has 1 aromatic heterocycles. The van der Waals surface area contributed by atoms with Crippen LogP contribution >= 0.6 is 23.2 Å². The number of carbonyl (C=O) groups excluding carboxylic acids is 2. The van der Waals surface area contributed by atoms with E-state index in [1.54, 1.807) is 42.6 Å². The maximum Gasteiger partial charge on any atom is 0.265 e. The van der Waals surface area contributed by atoms with Crippen LogP contribution in [-0.4, -0.2) is 31.3 Å². The average molecular weight is 491 g/mol. The molecule has 1 atom stereocenters. The van der Waals surface area contributed by atoms with Gasteiger partial charge in [-0.05, 0) is 42.5 Å². The second-order valence-corrected chi connectivity index (χ2v) is 9.52. The molecule has 1 aliphatic heterocycles. The number of amides is 2. The average Bonchev–Trinajstić information content (AvgIpc) is 2.76. The fraction of sp³-hybridized carbons (Fsp3) is 0.0952. The van der Waals surface area contributed by atoms with E-state index in [9.17, 15) is 18.0 Å². The monoisotopic (exact) mass is 490 g/mol. The summed E-state index contributed by atoms with van der Waals surface area (Å²) < 4.78 is 28.2. The Hall–Kier alpha value is -3.14. The van der Waals surface area contributed by atoms with Gasteiger partial charge in [0.1, 0.15) is 6.04 Å². The molecule has 2 amide bonds. The minimum absolute atomic E-state index is 0.0494. The van der Waals surface area contributed by atoms with Crippen LogP contribution in [0.3, 0.4) is 0 Å². The fourth-order valence-corrected chi connectivity index (χ4v) is 5.33. The molecule has 1 aliphatic rings. The molecule has 11 heteroatoms. The Balaban J connectivity index is 1.75. The lowest BCUT2D eigenvalue weighted by molar-refractivity contribution is -0.122. The summed E-state index contributed by atoms with van der Waals surface area (Å²) in [6.07, 6.45) is 2.57. The van der Waals surface area contributed by atoms with Crippen LogP contribution in [0.2, 0.25) is 10.0 Å². The number of nitrogens with one attached hydrogen (secondary N) is 2. The van der Waals surface area contributed by atoms with E-state index in [4.69, 9.17) is 23.2 Å². The minimum atomic E-state index is -4.28. The van der Waals surface area contributed by atoms with Gasteiger partial charge in [-0.15, -0.1) is 0 Å². The zero-order chi connectivity index (χ0) is 22.9. The Morgan fingerprint density at radius 3 is 2.59 bits per heavy atom. The Morgan fingerprint density at radius 2 is 1.88 bits per heavy atom. The summed E-state index contributed by atoms with van der Waals surface area (Å²) in [5.41, 5.74) is 0.968. The van der Waals surface area contributed by atoms with Crippen molar-refractivity contribution in [3.05, 3.63) is 77.0 Å². The van der Waals surface area contributed by atoms with Gasteiger partial charge in [-0.2, -0.15) is 0 Å². The summed E-state index contributed by atoms with van der Waals surface area (Å²) in [5, 5.41) is 5.53. The Labute approximate surface area is 194 Å². The standard InChI is InChI=1S/C21H16Cl2N4O4S/c22-15-8-7-14(10-16(15)23)32(30,31)27-18-6-2-1-5-17(18)26-21(29)19(27)11-20(28)25-13-4-3-9-24-12-13/h1-10,12,19H,11H2,(H,25,28)(H,26,29). The number of hydrogen-bond donors (Lipinski definition) is 2. The predicted octanol–water partition coefficient (Wildman–Crippen LogP) is 3.93. The van der Waals surface area contributed by atoms with Crippen molar-refractivity contribution < 1.29 is 18.0 Å². The number of halogens is 2. The van der Waals surface area contributed by atoms with Crippen molar-refractivity contribution >= 4 is 62.1 Å². The molecule has 8 nitrogen and oxygen atoms in total. The van der Waals surface area contributed by atoms with Gasteiger partial charge in [-0.25, -0.2) is 8.42 Å². The van der Waals surface area contributed by atoms with Gasteiger partial charge in [0, 0.05) is 6.20 Å². The van der Waals surface area contributed by atoms with Gasteiger partial charge in [0.25, 0.3) is 10.0 Å². The van der Waals surface area contributed by atoms with Crippen LogP contribution in [0.1, 0.15) is 6.42 Å². The van der Waals surface area contributed by atoms with Crippen molar-refractivity contribution in [1.82, 2.24) is 4.98 Å². The van der Waals surface area contributed by atoms with Crippen LogP contribution in [0.15, 0.2) is 71.9 Å². The van der Waals surface area contributed by atoms with Gasteiger partial charge < -0.3 is 10.6 Å². The third-order valence-electron chi connectivity index (χ3n) is 4.76. The second-order valence-electron chi connectivity index (χ2n) is 6.89. The van der Waals surface area contributed by atoms with Gasteiger partial charge in [0.2, 0.25) is 11.8 Å². The first-order chi connectivity index (χ1) is 15.3. The number of aromatic nitrogens is 1. The molecule has 0 fully saturated rings. The molecule has 0 saturated heterocycles. The predicted molar refractivity (Wildman–Crippen MR) is 122 cm³/mol. The van der Waals surface area contributed by atoms with Crippen molar-refractivity contribution in [1.29, 1.82) is 0 Å². The number of para-hydroxylation sites is 2. The van der Waals surface area contributed by atoms with Crippen molar-refractivity contribution in [2.75, 3.05) is 14.9 Å². The SMILES string of the molecule is O=C(CC1C(=O)Nc2ccccc2N1S(=O)(=O)c1ccc(Cl)c(Cl)c1)Nc1cccnc1. The minimum Gasteiger partial charge on any atom is -0.325 e. The van der Waals surface area contributed by atoms with Crippen LogP contribution in [0.5, 0.6) is 0 Å². The summed E-state index contributed by atoms with van der Waals surface area (Å²) in [6.45, 7) is 0. The maximum absolute atomic E-state index is 13.6. The van der Waals surface area contributed by atoms with Crippen molar-refractivity contribution in [3.63, 3.8) is 0 Å². The first-order valence-corrected chi connectivity index (χ1v) is 11.6. The largest absolute Gasteiger partial charge is 0.325 e. The number of sulfonamides is 1. The lowest BCUT2D eigenvalue weighted by atomic mass is 10.1. The van der Waals surface area contributed by atoms with E-state index in [0.717, 1.165) is 4.31 Å². The number of anilines is 3. The van der Waals surface area contributed by atoms with E-state index >= 15 is 0 Å². The topological polar surface area (TPSA) is 108 Å². The summed E-state index contributed by atoms with van der Waals surface area (Å²) >= 11 is 12.0. The molecule has 2 aromatic carbocycles. The number of benzene rings is 2. The second kappa shape index (κ2) is 8.78. The highest BCUT2D eigenvalue weighted by atomic mass is 35.5. The quantitative estimate of drug-likeness (QED) is 0.562. The maximum atomic E-state index is 13.6. The first-order valence-electron chi connectivity index (χ1n) is 9.36. The molecule has 164 valence electrons. The molecular formula is C21H16Cl2N4O4S. The van der Waals surface area contributed by atoms with E-state index in [2.05, 4.69) is 15.6 Å². The number of carbonyl (C=O) groups is 2. The normalized spacial score (nSPS) is 15.6. The zero-order valence-electron chi connectivity index (χ0n) is 16.3. The molecule has 4 rings (SSSR count). The Kier molecular flexibility index (Phi) is 6.05. The van der Waals surface area contributed by atoms with Crippen LogP contribution in [-0.2, 0) is 19.6 Å². The highest BCUT2D eigenvalue weighted by Gasteiger charge is 2.42. The van der Waals surface area contributed by atoms with Crippen molar-refractivity contribution in [2.24, 2.45) is 0 Å². The summed E-state index contributed by atoms with van der Waals surface area (Å²) in [5.74, 6) is -1.18. The zero-order valence-corrected chi connectivity index (χ0v) is 18.7. The van der Waals surface area contributed by atoms with E-state index < -0.39 is 34.3 Å². The number of hydrogen-bond acceptors (Lipinski definition) is 5. The summed E-state index contributed by atoms with van der Waals surface area (Å²) in [7, 11) is -4.28. The molecule has 0 saturated carbocycles. The number of nitrogens with zero attached hydrogens (tertiary/aromatic N) is 2. The molecule has 0 bridgehead atoms. The molecule has 3 aromatic rings. The molecule has 2 heterocycles. The Morgan fingerprint density at radius 1 is 1.09 bits per heavy atom. The number of pyridine rings is 1. The number of rotatable bonds is 5. The molecule has 32 heavy (non-hydrogen) atoms. The molecule has 1 unspecified atom stereocenters. The molecular weight excluding hydrogens is 475 g/mol. The molecule has 0 radical (unpaired) electrons. The lowest BCUT2D eigenvalue weighted by Gasteiger charge is -2.36. The first kappa shape index (κ1) is 22.1. The van der Waals surface area contributed by atoms with Crippen LogP contribution < -0.4 is 14.9 Å². The van der Waals surface area contributed by atoms with Crippen LogP contribution in [0.4, 0.5) is 17.1 Å². The van der Waals surface area contributed by atoms with Crippen molar-refractivity contribution in [3.8, 4) is 0 Å². The van der Waals surface area contributed by atoms with E-state index in [1.165, 1.54) is 24.4 Å². The summed E-state index contributed by atoms with van der Waals surface area (Å²) in [6, 6.07) is 12.2. The van der Waals surface area contributed by atoms with Gasteiger partial charge in [0.15, 0.2) is 0 Å². The number of fused-ring (bicyclic) bond motifs is 1. The lowest BCUT2D eigenvalue weighted by Crippen LogP contribution is -2.52. The fourth-order valence-electron chi connectivity index (χ4n) is 3.31. The highest BCUT2D eigenvalue weighted by molar-refractivity contribution is 7.93. The summed E-state index contributed by atoms with van der Waals surface area (Å²) in [4.78, 5) is 29.3. The third-order valence-corrected chi connectivity index (χ3v) is 7.31. The smallest absolute Gasteiger partial charge is 0.265 e. The Bertz CT molecular complexity index is 1300. The van der Waals surface area contributed by atoms with Gasteiger partial charge in [-0.1, -0.05) is 35.3 Å². The van der Waals surface area contributed by atoms with Crippen LogP contribution in [0, 0.1) is 0 Å². The van der Waals surface area contributed by atoms with E-state index in [-0.39, 0.29) is 20.6 Å². The molecule has 0 aliphatic carbocycles. The van der Waals surface area contributed by atoms with Gasteiger partial charge >= 0.3 is 0 Å². The van der Waals surface area contributed by atoms with E-state index in [0.29, 0.717) is 11.4 Å². The van der Waals surface area contributed by atoms with Gasteiger partial charge in [0.05, 0.1) is 44.6 Å². The van der Waals surface area contributed by atoms with Crippen LogP contribution in [0.25, 0.3) is 0 Å². The third kappa shape index (κ3) is 4.27.